The van der Waals surface area contributed by atoms with Crippen molar-refractivity contribution in [2.75, 3.05) is 0 Å². The van der Waals surface area contributed by atoms with Gasteiger partial charge < -0.3 is 10.2 Å². The van der Waals surface area contributed by atoms with Crippen LogP contribution in [0.4, 0.5) is 0 Å². The largest absolute Gasteiger partial charge is 0.478 e. The molecule has 3 saturated carbocycles. The van der Waals surface area contributed by atoms with Crippen LogP contribution in [0.1, 0.15) is 60.8 Å². The van der Waals surface area contributed by atoms with Crippen molar-refractivity contribution in [1.82, 2.24) is 0 Å². The molecule has 3 fully saturated rings. The van der Waals surface area contributed by atoms with Crippen molar-refractivity contribution in [3.8, 4) is 0 Å². The van der Waals surface area contributed by atoms with Crippen molar-refractivity contribution in [2.45, 2.75) is 66.9 Å². The Hall–Kier alpha value is -1.35. The lowest BCUT2D eigenvalue weighted by Gasteiger charge is -2.52. The molecule has 0 radical (unpaired) electrons. The average Bonchev–Trinajstić information content (AvgIpc) is 3.23. The molecule has 28 heavy (non-hydrogen) atoms. The molecule has 156 valence electrons. The Balaban J connectivity index is 2.03. The molecule has 0 amide bonds. The van der Waals surface area contributed by atoms with E-state index in [9.17, 15) is 9.90 Å². The minimum absolute atomic E-state index is 0.136. The van der Waals surface area contributed by atoms with Crippen LogP contribution in [-0.2, 0) is 4.79 Å². The fourth-order valence-corrected chi connectivity index (χ4v) is 6.80. The molecule has 0 spiro atoms. The number of hydrogen-bond acceptors (Lipinski definition) is 2. The Morgan fingerprint density at radius 2 is 1.82 bits per heavy atom. The summed E-state index contributed by atoms with van der Waals surface area (Å²) in [7, 11) is 0. The van der Waals surface area contributed by atoms with Gasteiger partial charge in [-0.2, -0.15) is 0 Å². The molecule has 3 rings (SSSR count). The number of allylic oxidation sites excluding steroid dienone is 5. The van der Waals surface area contributed by atoms with Crippen LogP contribution in [0.2, 0.25) is 0 Å². The molecule has 0 aromatic heterocycles. The number of carboxylic acid groups (broad SMARTS) is 1. The van der Waals surface area contributed by atoms with Crippen LogP contribution in [0, 0.1) is 46.3 Å². The number of carbonyl (C=O) groups is 1. The van der Waals surface area contributed by atoms with Crippen LogP contribution in [-0.4, -0.2) is 22.3 Å². The molecule has 3 nitrogen and oxygen atoms in total. The second-order valence-corrected chi connectivity index (χ2v) is 11.0. The van der Waals surface area contributed by atoms with Crippen molar-refractivity contribution in [3.63, 3.8) is 0 Å². The van der Waals surface area contributed by atoms with Gasteiger partial charge in [0.2, 0.25) is 0 Å². The summed E-state index contributed by atoms with van der Waals surface area (Å²) >= 11 is 0. The lowest BCUT2D eigenvalue weighted by molar-refractivity contribution is -0.131. The first kappa shape index (κ1) is 21.4. The number of aliphatic hydroxyl groups excluding tert-OH is 1. The summed E-state index contributed by atoms with van der Waals surface area (Å²) in [5, 5.41) is 19.8. The van der Waals surface area contributed by atoms with Crippen molar-refractivity contribution >= 4 is 5.97 Å². The maximum absolute atomic E-state index is 10.9. The second kappa shape index (κ2) is 7.48. The number of aliphatic hydroxyl groups is 1. The standard InChI is InChI=1S/C25H38O3/c1-15-11-12-19(26)22-18-14-25(18,6)23(16(2)13-24(3,4)5)17(21(15)22)9-7-8-10-20(27)28/h7-10,13,15,17-19,21-23,26H,11-12,14H2,1-6H3,(H,27,28)/b9-7+,10-8+,16-13-/t15-,17-,18+,19-,21-,22-,23-,25+/m0/s1. The molecular weight excluding hydrogens is 348 g/mol. The van der Waals surface area contributed by atoms with E-state index in [1.54, 1.807) is 6.08 Å². The maximum atomic E-state index is 10.9. The summed E-state index contributed by atoms with van der Waals surface area (Å²) in [5.74, 6) is 1.93. The third-order valence-corrected chi connectivity index (χ3v) is 7.65. The molecule has 3 aliphatic rings. The molecule has 0 aromatic rings. The average molecular weight is 387 g/mol. The zero-order valence-corrected chi connectivity index (χ0v) is 18.4. The predicted molar refractivity (Wildman–Crippen MR) is 114 cm³/mol. The fraction of sp³-hybridized carbons (Fsp3) is 0.720. The van der Waals surface area contributed by atoms with Gasteiger partial charge in [-0.3, -0.25) is 0 Å². The Morgan fingerprint density at radius 1 is 1.14 bits per heavy atom. The molecule has 0 bridgehead atoms. The number of carboxylic acids is 1. The SMILES string of the molecule is C/C(=C/C(C)(C)C)[C@H]1[C@@H](/C=C/C=C/C(=O)O)[C@H]2[C@@H]([C@H]3C[C@]31C)[C@@H](O)CC[C@@H]2C. The third-order valence-electron chi connectivity index (χ3n) is 7.65. The van der Waals surface area contributed by atoms with Crippen molar-refractivity contribution < 1.29 is 15.0 Å². The highest BCUT2D eigenvalue weighted by Gasteiger charge is 2.68. The van der Waals surface area contributed by atoms with Crippen LogP contribution < -0.4 is 0 Å². The number of fused-ring (bicyclic) bond motifs is 3. The van der Waals surface area contributed by atoms with E-state index in [2.05, 4.69) is 53.7 Å². The molecule has 0 heterocycles. The molecule has 3 heteroatoms. The van der Waals surface area contributed by atoms with Crippen LogP contribution >= 0.6 is 0 Å². The van der Waals surface area contributed by atoms with Crippen molar-refractivity contribution in [3.05, 3.63) is 36.0 Å². The van der Waals surface area contributed by atoms with Gasteiger partial charge in [0.1, 0.15) is 0 Å². The van der Waals surface area contributed by atoms with Gasteiger partial charge in [-0.25, -0.2) is 4.79 Å². The summed E-state index contributed by atoms with van der Waals surface area (Å²) in [6.07, 6.45) is 12.5. The molecule has 3 aliphatic carbocycles. The summed E-state index contributed by atoms with van der Waals surface area (Å²) in [5.41, 5.74) is 1.84. The quantitative estimate of drug-likeness (QED) is 0.382. The van der Waals surface area contributed by atoms with Gasteiger partial charge >= 0.3 is 5.97 Å². The Morgan fingerprint density at radius 3 is 2.43 bits per heavy atom. The van der Waals surface area contributed by atoms with Crippen LogP contribution in [0.25, 0.3) is 0 Å². The first-order valence-electron chi connectivity index (χ1n) is 10.9. The van der Waals surface area contributed by atoms with E-state index in [-0.39, 0.29) is 16.9 Å². The lowest BCUT2D eigenvalue weighted by Crippen LogP contribution is -2.49. The van der Waals surface area contributed by atoms with Gasteiger partial charge in [-0.1, -0.05) is 64.5 Å². The van der Waals surface area contributed by atoms with Crippen LogP contribution in [0.15, 0.2) is 36.0 Å². The van der Waals surface area contributed by atoms with E-state index >= 15 is 0 Å². The molecule has 8 atom stereocenters. The minimum Gasteiger partial charge on any atom is -0.478 e. The number of hydrogen-bond donors (Lipinski definition) is 2. The van der Waals surface area contributed by atoms with E-state index in [4.69, 9.17) is 5.11 Å². The smallest absolute Gasteiger partial charge is 0.328 e. The molecule has 2 N–H and O–H groups in total. The van der Waals surface area contributed by atoms with E-state index in [0.29, 0.717) is 35.5 Å². The highest BCUT2D eigenvalue weighted by molar-refractivity contribution is 5.80. The molecule has 0 aromatic carbocycles. The maximum Gasteiger partial charge on any atom is 0.328 e. The highest BCUT2D eigenvalue weighted by Crippen LogP contribution is 2.73. The third kappa shape index (κ3) is 4.01. The minimum atomic E-state index is -0.915. The monoisotopic (exact) mass is 386 g/mol. The van der Waals surface area contributed by atoms with Crippen LogP contribution in [0.5, 0.6) is 0 Å². The Labute approximate surface area is 170 Å². The van der Waals surface area contributed by atoms with Crippen molar-refractivity contribution in [2.24, 2.45) is 46.3 Å². The molecule has 0 saturated heterocycles. The first-order chi connectivity index (χ1) is 13.0. The predicted octanol–water partition coefficient (Wildman–Crippen LogP) is 5.47. The van der Waals surface area contributed by atoms with Gasteiger partial charge in [-0.15, -0.1) is 0 Å². The van der Waals surface area contributed by atoms with Gasteiger partial charge in [0.05, 0.1) is 6.10 Å². The van der Waals surface area contributed by atoms with Gasteiger partial charge in [0.15, 0.2) is 0 Å². The normalized spacial score (nSPS) is 43.8. The summed E-state index contributed by atoms with van der Waals surface area (Å²) in [4.78, 5) is 10.8. The summed E-state index contributed by atoms with van der Waals surface area (Å²) < 4.78 is 0. The summed E-state index contributed by atoms with van der Waals surface area (Å²) in [6, 6.07) is 0. The number of aliphatic carboxylic acids is 1. The van der Waals surface area contributed by atoms with Crippen LogP contribution in [0.3, 0.4) is 0 Å². The topological polar surface area (TPSA) is 57.5 Å². The zero-order chi connectivity index (χ0) is 20.9. The Kier molecular flexibility index (Phi) is 5.71. The van der Waals surface area contributed by atoms with Gasteiger partial charge in [-0.05, 0) is 72.5 Å². The molecule has 0 unspecified atom stereocenters. The van der Waals surface area contributed by atoms with Crippen molar-refractivity contribution in [1.29, 1.82) is 0 Å². The first-order valence-corrected chi connectivity index (χ1v) is 10.9. The van der Waals surface area contributed by atoms with Gasteiger partial charge in [0.25, 0.3) is 0 Å². The van der Waals surface area contributed by atoms with E-state index in [1.807, 2.05) is 6.08 Å². The summed E-state index contributed by atoms with van der Waals surface area (Å²) in [6.45, 7) is 13.8. The van der Waals surface area contributed by atoms with E-state index in [1.165, 1.54) is 18.1 Å². The lowest BCUT2D eigenvalue weighted by atomic mass is 9.53. The second-order valence-electron chi connectivity index (χ2n) is 11.0. The zero-order valence-electron chi connectivity index (χ0n) is 18.4. The van der Waals surface area contributed by atoms with E-state index in [0.717, 1.165) is 12.8 Å². The molecule has 0 aliphatic heterocycles. The highest BCUT2D eigenvalue weighted by atomic mass is 16.4. The van der Waals surface area contributed by atoms with Gasteiger partial charge in [0, 0.05) is 6.08 Å². The van der Waals surface area contributed by atoms with E-state index < -0.39 is 5.97 Å². The number of rotatable bonds is 4. The Bertz CT molecular complexity index is 695. The molecular formula is C25H38O3. The fourth-order valence-electron chi connectivity index (χ4n) is 6.80.